The van der Waals surface area contributed by atoms with Crippen molar-refractivity contribution < 1.29 is 15.7 Å². The van der Waals surface area contributed by atoms with Crippen molar-refractivity contribution in [1.82, 2.24) is 5.01 Å². The van der Waals surface area contributed by atoms with Gasteiger partial charge in [0.25, 0.3) is 0 Å². The van der Waals surface area contributed by atoms with Crippen LogP contribution in [0.5, 0.6) is 0 Å². The minimum Gasteiger partial charge on any atom is -0.477 e. The summed E-state index contributed by atoms with van der Waals surface area (Å²) >= 11 is 0. The Hall–Kier alpha value is -2.73. The number of ketones is 1. The molecule has 6 nitrogen and oxygen atoms in total. The van der Waals surface area contributed by atoms with E-state index in [-0.39, 0.29) is 25.1 Å². The fourth-order valence-electron chi connectivity index (χ4n) is 3.69. The van der Waals surface area contributed by atoms with E-state index in [0.717, 1.165) is 29.0 Å². The van der Waals surface area contributed by atoms with Crippen LogP contribution in [0.1, 0.15) is 77.3 Å². The van der Waals surface area contributed by atoms with Gasteiger partial charge < -0.3 is 9.47 Å². The number of carbonyl (C=O) groups is 1. The van der Waals surface area contributed by atoms with E-state index >= 15 is 0 Å². The van der Waals surface area contributed by atoms with Gasteiger partial charge in [-0.25, -0.2) is 5.01 Å². The van der Waals surface area contributed by atoms with E-state index in [9.17, 15) is 4.79 Å². The van der Waals surface area contributed by atoms with Gasteiger partial charge in [-0.15, -0.1) is 5.10 Å². The lowest BCUT2D eigenvalue weighted by Gasteiger charge is -2.22. The number of fused-ring (bicyclic) bond motifs is 1. The Labute approximate surface area is 193 Å². The van der Waals surface area contributed by atoms with Crippen molar-refractivity contribution in [3.63, 3.8) is 0 Å². The number of aliphatic imine (C=N–C) groups is 1. The fraction of sp³-hybridized carbons (Fsp3) is 0.500. The van der Waals surface area contributed by atoms with Gasteiger partial charge in [0.15, 0.2) is 11.6 Å². The quantitative estimate of drug-likeness (QED) is 0.389. The van der Waals surface area contributed by atoms with Gasteiger partial charge in [0.2, 0.25) is 5.90 Å². The third-order valence-electron chi connectivity index (χ3n) is 5.50. The van der Waals surface area contributed by atoms with Gasteiger partial charge in [-0.3, -0.25) is 9.79 Å². The highest BCUT2D eigenvalue weighted by atomic mass is 16.5. The van der Waals surface area contributed by atoms with E-state index in [0.29, 0.717) is 37.0 Å². The van der Waals surface area contributed by atoms with Crippen LogP contribution < -0.4 is 0 Å². The number of benzene rings is 1. The first-order valence-electron chi connectivity index (χ1n) is 11.4. The number of rotatable bonds is 8. The van der Waals surface area contributed by atoms with E-state index in [1.807, 2.05) is 32.1 Å². The molecule has 3 rings (SSSR count). The Balaban J connectivity index is 0.00000385. The molecule has 6 heteroatoms. The van der Waals surface area contributed by atoms with Crippen LogP contribution in [0.25, 0.3) is 0 Å². The maximum Gasteiger partial charge on any atom is 0.232 e. The van der Waals surface area contributed by atoms with Crippen molar-refractivity contribution in [3.8, 4) is 0 Å². The third kappa shape index (κ3) is 5.36. The number of hydrogen-bond acceptors (Lipinski definition) is 6. The maximum atomic E-state index is 13.3. The highest BCUT2D eigenvalue weighted by Crippen LogP contribution is 2.31. The molecule has 174 valence electrons. The fourth-order valence-corrected chi connectivity index (χ4v) is 3.69. The van der Waals surface area contributed by atoms with Crippen LogP contribution in [0, 0.1) is 0 Å². The SMILES string of the molecule is C=C1C(CC(=O)c2cc(COCCC)cc(C(C)(C)C)c2)N=C2C(C)=CC(OCC)=NN12.[HH]. The Kier molecular flexibility index (Phi) is 7.34. The molecule has 0 aromatic heterocycles. The molecule has 32 heavy (non-hydrogen) atoms. The van der Waals surface area contributed by atoms with E-state index in [4.69, 9.17) is 14.5 Å². The molecule has 0 N–H and O–H groups in total. The van der Waals surface area contributed by atoms with Gasteiger partial charge in [0, 0.05) is 26.1 Å². The molecule has 0 saturated carbocycles. The molecule has 2 heterocycles. The molecule has 2 aliphatic rings. The predicted molar refractivity (Wildman–Crippen MR) is 131 cm³/mol. The van der Waals surface area contributed by atoms with Gasteiger partial charge in [-0.2, -0.15) is 0 Å². The number of Topliss-reactive ketones (excluding diaryl/α,β-unsaturated/α-hetero) is 1. The second kappa shape index (κ2) is 9.82. The second-order valence-corrected chi connectivity index (χ2v) is 9.32. The van der Waals surface area contributed by atoms with Crippen LogP contribution in [0.2, 0.25) is 0 Å². The van der Waals surface area contributed by atoms with Crippen LogP contribution in [-0.4, -0.2) is 41.8 Å². The molecule has 0 aliphatic carbocycles. The van der Waals surface area contributed by atoms with E-state index in [2.05, 4.69) is 45.4 Å². The van der Waals surface area contributed by atoms with E-state index < -0.39 is 0 Å². The number of carbonyl (C=O) groups excluding carboxylic acids is 1. The molecule has 0 bridgehead atoms. The Morgan fingerprint density at radius 3 is 2.66 bits per heavy atom. The molecular formula is C26H37N3O3. The Bertz CT molecular complexity index is 989. The zero-order valence-electron chi connectivity index (χ0n) is 20.2. The third-order valence-corrected chi connectivity index (χ3v) is 5.50. The van der Waals surface area contributed by atoms with Crippen LogP contribution in [0.15, 0.2) is 52.2 Å². The van der Waals surface area contributed by atoms with Gasteiger partial charge in [0.1, 0.15) is 6.04 Å². The molecule has 0 radical (unpaired) electrons. The number of nitrogens with zero attached hydrogens (tertiary/aromatic N) is 3. The highest BCUT2D eigenvalue weighted by Gasteiger charge is 2.34. The van der Waals surface area contributed by atoms with Gasteiger partial charge >= 0.3 is 0 Å². The molecule has 1 aromatic carbocycles. The van der Waals surface area contributed by atoms with E-state index in [1.54, 1.807) is 5.01 Å². The lowest BCUT2D eigenvalue weighted by atomic mass is 9.84. The summed E-state index contributed by atoms with van der Waals surface area (Å²) in [4.78, 5) is 18.1. The smallest absolute Gasteiger partial charge is 0.232 e. The molecule has 0 saturated heterocycles. The number of amidine groups is 1. The average molecular weight is 440 g/mol. The first kappa shape index (κ1) is 23.9. The number of hydrogen-bond donors (Lipinski definition) is 0. The molecular weight excluding hydrogens is 402 g/mol. The topological polar surface area (TPSA) is 63.5 Å². The second-order valence-electron chi connectivity index (χ2n) is 9.32. The summed E-state index contributed by atoms with van der Waals surface area (Å²) in [5.74, 6) is 1.30. The molecule has 0 spiro atoms. The maximum absolute atomic E-state index is 13.3. The van der Waals surface area contributed by atoms with Crippen molar-refractivity contribution >= 4 is 17.5 Å². The summed E-state index contributed by atoms with van der Waals surface area (Å²) in [7, 11) is 0. The summed E-state index contributed by atoms with van der Waals surface area (Å²) in [6, 6.07) is 5.74. The summed E-state index contributed by atoms with van der Waals surface area (Å²) in [6.45, 7) is 18.3. The largest absolute Gasteiger partial charge is 0.477 e. The van der Waals surface area contributed by atoms with Crippen molar-refractivity contribution in [3.05, 3.63) is 58.8 Å². The summed E-state index contributed by atoms with van der Waals surface area (Å²) in [5.41, 5.74) is 4.40. The van der Waals surface area contributed by atoms with Crippen molar-refractivity contribution in [2.45, 2.75) is 72.4 Å². The summed E-state index contributed by atoms with van der Waals surface area (Å²) in [5, 5.41) is 6.19. The molecule has 1 unspecified atom stereocenters. The molecule has 1 atom stereocenters. The van der Waals surface area contributed by atoms with Crippen molar-refractivity contribution in [1.29, 1.82) is 0 Å². The van der Waals surface area contributed by atoms with Gasteiger partial charge in [-0.05, 0) is 54.5 Å². The Morgan fingerprint density at radius 1 is 1.25 bits per heavy atom. The normalized spacial score (nSPS) is 18.2. The first-order chi connectivity index (χ1) is 15.1. The lowest BCUT2D eigenvalue weighted by Crippen LogP contribution is -2.28. The van der Waals surface area contributed by atoms with Crippen LogP contribution >= 0.6 is 0 Å². The number of hydrazone groups is 1. The standard InChI is InChI=1S/C26H35N3O3.H2/c1-8-10-31-16-19-12-20(14-21(13-19)26(5,6)7)23(30)15-22-18(4)29-25(27-22)17(3)11-24(28-29)32-9-2;/h11-14,22H,4,8-10,15-16H2,1-3,5-7H3;1H. The van der Waals surface area contributed by atoms with E-state index in [1.165, 1.54) is 0 Å². The molecule has 2 aliphatic heterocycles. The average Bonchev–Trinajstić information content (AvgIpc) is 3.04. The molecule has 1 aromatic rings. The minimum atomic E-state index is -0.344. The molecule has 0 amide bonds. The van der Waals surface area contributed by atoms with Gasteiger partial charge in [0.05, 0.1) is 18.9 Å². The van der Waals surface area contributed by atoms with Crippen molar-refractivity contribution in [2.24, 2.45) is 10.1 Å². The van der Waals surface area contributed by atoms with Crippen LogP contribution in [0.4, 0.5) is 0 Å². The van der Waals surface area contributed by atoms with Crippen LogP contribution in [-0.2, 0) is 21.5 Å². The zero-order chi connectivity index (χ0) is 23.5. The monoisotopic (exact) mass is 439 g/mol. The predicted octanol–water partition coefficient (Wildman–Crippen LogP) is 5.64. The van der Waals surface area contributed by atoms with Crippen molar-refractivity contribution in [2.75, 3.05) is 13.2 Å². The number of ether oxygens (including phenoxy) is 2. The highest BCUT2D eigenvalue weighted by molar-refractivity contribution is 6.09. The summed E-state index contributed by atoms with van der Waals surface area (Å²) in [6.07, 6.45) is 3.08. The minimum absolute atomic E-state index is 0. The van der Waals surface area contributed by atoms with Gasteiger partial charge in [-0.1, -0.05) is 40.3 Å². The van der Waals surface area contributed by atoms with Crippen LogP contribution in [0.3, 0.4) is 0 Å². The lowest BCUT2D eigenvalue weighted by molar-refractivity contribution is 0.0976. The first-order valence-corrected chi connectivity index (χ1v) is 11.4. The summed E-state index contributed by atoms with van der Waals surface area (Å²) < 4.78 is 11.3. The molecule has 0 fully saturated rings. The zero-order valence-corrected chi connectivity index (χ0v) is 20.2. The Morgan fingerprint density at radius 2 is 2.00 bits per heavy atom.